The summed E-state index contributed by atoms with van der Waals surface area (Å²) in [6, 6.07) is 7.92. The summed E-state index contributed by atoms with van der Waals surface area (Å²) in [5, 5.41) is 3.22. The van der Waals surface area contributed by atoms with Crippen LogP contribution in [0, 0.1) is 0 Å². The van der Waals surface area contributed by atoms with Crippen molar-refractivity contribution in [1.82, 2.24) is 5.32 Å². The Labute approximate surface area is 114 Å². The highest BCUT2D eigenvalue weighted by Gasteiger charge is 2.26. The highest BCUT2D eigenvalue weighted by atomic mass is 16.6. The van der Waals surface area contributed by atoms with Crippen molar-refractivity contribution >= 4 is 5.97 Å². The van der Waals surface area contributed by atoms with Crippen molar-refractivity contribution < 1.29 is 14.3 Å². The first-order valence-electron chi connectivity index (χ1n) is 6.79. The molecule has 19 heavy (non-hydrogen) atoms. The number of hydrogen-bond donors (Lipinski definition) is 1. The summed E-state index contributed by atoms with van der Waals surface area (Å²) in [6.07, 6.45) is 0.488. The van der Waals surface area contributed by atoms with Crippen LogP contribution in [0.1, 0.15) is 25.0 Å². The van der Waals surface area contributed by atoms with E-state index in [9.17, 15) is 4.79 Å². The zero-order valence-electron chi connectivity index (χ0n) is 11.5. The zero-order chi connectivity index (χ0) is 13.7. The van der Waals surface area contributed by atoms with Gasteiger partial charge in [0.25, 0.3) is 0 Å². The van der Waals surface area contributed by atoms with Gasteiger partial charge in [0.2, 0.25) is 0 Å². The van der Waals surface area contributed by atoms with Gasteiger partial charge < -0.3 is 14.8 Å². The van der Waals surface area contributed by atoms with Crippen LogP contribution in [0.3, 0.4) is 0 Å². The van der Waals surface area contributed by atoms with Crippen LogP contribution in [0.15, 0.2) is 24.3 Å². The van der Waals surface area contributed by atoms with Gasteiger partial charge in [-0.25, -0.2) is 0 Å². The number of esters is 1. The molecule has 1 aliphatic rings. The largest absolute Gasteiger partial charge is 0.459 e. The number of fused-ring (bicyclic) bond motifs is 1. The molecule has 1 heterocycles. The predicted molar refractivity (Wildman–Crippen MR) is 72.8 cm³/mol. The molecular formula is C15H21NO3. The topological polar surface area (TPSA) is 47.6 Å². The molecule has 0 amide bonds. The van der Waals surface area contributed by atoms with Gasteiger partial charge in [0.05, 0.1) is 6.61 Å². The van der Waals surface area contributed by atoms with Crippen molar-refractivity contribution in [2.75, 3.05) is 13.2 Å². The van der Waals surface area contributed by atoms with Crippen LogP contribution in [0.5, 0.6) is 0 Å². The summed E-state index contributed by atoms with van der Waals surface area (Å²) in [5.74, 6) is -0.193. The first-order valence-corrected chi connectivity index (χ1v) is 6.79. The van der Waals surface area contributed by atoms with Crippen LogP contribution in [0.4, 0.5) is 0 Å². The molecule has 0 saturated carbocycles. The number of benzene rings is 1. The first-order chi connectivity index (χ1) is 9.20. The van der Waals surface area contributed by atoms with E-state index in [0.717, 1.165) is 6.54 Å². The second kappa shape index (κ2) is 6.68. The Morgan fingerprint density at radius 3 is 2.89 bits per heavy atom. The Morgan fingerprint density at radius 1 is 1.42 bits per heavy atom. The van der Waals surface area contributed by atoms with Crippen molar-refractivity contribution in [3.63, 3.8) is 0 Å². The summed E-state index contributed by atoms with van der Waals surface area (Å²) in [7, 11) is 0. The lowest BCUT2D eigenvalue weighted by molar-refractivity contribution is -0.153. The molecular weight excluding hydrogens is 242 g/mol. The van der Waals surface area contributed by atoms with E-state index >= 15 is 0 Å². The van der Waals surface area contributed by atoms with Gasteiger partial charge in [-0.1, -0.05) is 24.3 Å². The summed E-state index contributed by atoms with van der Waals surface area (Å²) >= 11 is 0. The van der Waals surface area contributed by atoms with Crippen molar-refractivity contribution in [1.29, 1.82) is 0 Å². The molecule has 1 aliphatic heterocycles. The third kappa shape index (κ3) is 3.78. The fraction of sp³-hybridized carbons (Fsp3) is 0.533. The van der Waals surface area contributed by atoms with Crippen LogP contribution in [-0.2, 0) is 27.2 Å². The molecule has 0 saturated heterocycles. The average Bonchev–Trinajstić information content (AvgIpc) is 2.44. The van der Waals surface area contributed by atoms with E-state index in [1.54, 1.807) is 0 Å². The monoisotopic (exact) mass is 263 g/mol. The standard InChI is InChI=1S/C15H21NO3/c1-3-18-10-11(2)19-15(17)14-8-12-6-4-5-7-13(12)9-16-14/h4-7,11,14,16H,3,8-10H2,1-2H3/t11?,14-/m0/s1. The summed E-state index contributed by atoms with van der Waals surface area (Å²) in [4.78, 5) is 12.0. The van der Waals surface area contributed by atoms with Crippen molar-refractivity contribution in [2.24, 2.45) is 0 Å². The van der Waals surface area contributed by atoms with Crippen molar-refractivity contribution in [3.8, 4) is 0 Å². The van der Waals surface area contributed by atoms with Crippen LogP contribution < -0.4 is 5.32 Å². The zero-order valence-corrected chi connectivity index (χ0v) is 11.5. The van der Waals surface area contributed by atoms with Gasteiger partial charge in [-0.05, 0) is 31.4 Å². The van der Waals surface area contributed by atoms with E-state index in [1.807, 2.05) is 26.0 Å². The minimum Gasteiger partial charge on any atom is -0.459 e. The van der Waals surface area contributed by atoms with Gasteiger partial charge in [0.1, 0.15) is 12.1 Å². The predicted octanol–water partition coefficient (Wildman–Crippen LogP) is 1.67. The molecule has 2 rings (SSSR count). The minimum absolute atomic E-state index is 0.193. The molecule has 1 aromatic carbocycles. The van der Waals surface area contributed by atoms with E-state index < -0.39 is 0 Å². The summed E-state index contributed by atoms with van der Waals surface area (Å²) < 4.78 is 10.6. The third-order valence-corrected chi connectivity index (χ3v) is 3.24. The smallest absolute Gasteiger partial charge is 0.323 e. The average molecular weight is 263 g/mol. The van der Waals surface area contributed by atoms with Gasteiger partial charge >= 0.3 is 5.97 Å². The highest BCUT2D eigenvalue weighted by Crippen LogP contribution is 2.17. The molecule has 104 valence electrons. The molecule has 0 bridgehead atoms. The Morgan fingerprint density at radius 2 is 2.16 bits per heavy atom. The van der Waals surface area contributed by atoms with Gasteiger partial charge in [-0.3, -0.25) is 4.79 Å². The number of nitrogens with one attached hydrogen (secondary N) is 1. The molecule has 0 spiro atoms. The van der Waals surface area contributed by atoms with Crippen LogP contribution >= 0.6 is 0 Å². The normalized spacial score (nSPS) is 19.6. The molecule has 1 unspecified atom stereocenters. The van der Waals surface area contributed by atoms with Crippen molar-refractivity contribution in [2.45, 2.75) is 39.0 Å². The number of carbonyl (C=O) groups is 1. The molecule has 0 fully saturated rings. The van der Waals surface area contributed by atoms with E-state index in [4.69, 9.17) is 9.47 Å². The lowest BCUT2D eigenvalue weighted by Crippen LogP contribution is -2.44. The van der Waals surface area contributed by atoms with Gasteiger partial charge in [-0.2, -0.15) is 0 Å². The van der Waals surface area contributed by atoms with Gasteiger partial charge in [0, 0.05) is 13.2 Å². The number of carbonyl (C=O) groups excluding carboxylic acids is 1. The fourth-order valence-electron chi connectivity index (χ4n) is 2.22. The number of rotatable bonds is 5. The summed E-state index contributed by atoms with van der Waals surface area (Å²) in [5.41, 5.74) is 2.48. The second-order valence-electron chi connectivity index (χ2n) is 4.81. The van der Waals surface area contributed by atoms with Crippen molar-refractivity contribution in [3.05, 3.63) is 35.4 Å². The van der Waals surface area contributed by atoms with Crippen LogP contribution in [0.25, 0.3) is 0 Å². The lowest BCUT2D eigenvalue weighted by atomic mass is 9.96. The molecule has 1 aromatic rings. The minimum atomic E-state index is -0.251. The molecule has 2 atom stereocenters. The molecule has 1 N–H and O–H groups in total. The molecule has 0 radical (unpaired) electrons. The number of hydrogen-bond acceptors (Lipinski definition) is 4. The maximum absolute atomic E-state index is 12.0. The highest BCUT2D eigenvalue weighted by molar-refractivity contribution is 5.76. The number of ether oxygens (including phenoxy) is 2. The van der Waals surface area contributed by atoms with E-state index in [0.29, 0.717) is 19.6 Å². The Balaban J connectivity index is 1.88. The molecule has 0 aromatic heterocycles. The quantitative estimate of drug-likeness (QED) is 0.821. The van der Waals surface area contributed by atoms with Crippen LogP contribution in [0.2, 0.25) is 0 Å². The second-order valence-corrected chi connectivity index (χ2v) is 4.81. The van der Waals surface area contributed by atoms with E-state index in [1.165, 1.54) is 11.1 Å². The Kier molecular flexibility index (Phi) is 4.93. The van der Waals surface area contributed by atoms with Crippen LogP contribution in [-0.4, -0.2) is 31.3 Å². The maximum atomic E-state index is 12.0. The van der Waals surface area contributed by atoms with E-state index in [2.05, 4.69) is 17.4 Å². The van der Waals surface area contributed by atoms with E-state index in [-0.39, 0.29) is 18.1 Å². The third-order valence-electron chi connectivity index (χ3n) is 3.24. The molecule has 4 heteroatoms. The van der Waals surface area contributed by atoms with Gasteiger partial charge in [0.15, 0.2) is 0 Å². The first kappa shape index (κ1) is 14.0. The van der Waals surface area contributed by atoms with Gasteiger partial charge in [-0.15, -0.1) is 0 Å². The fourth-order valence-corrected chi connectivity index (χ4v) is 2.22. The summed E-state index contributed by atoms with van der Waals surface area (Å²) in [6.45, 7) is 5.58. The molecule has 0 aliphatic carbocycles. The Hall–Kier alpha value is -1.39. The lowest BCUT2D eigenvalue weighted by Gasteiger charge is -2.25. The SMILES string of the molecule is CCOCC(C)OC(=O)[C@@H]1Cc2ccccc2CN1. The maximum Gasteiger partial charge on any atom is 0.323 e. The molecule has 4 nitrogen and oxygen atoms in total. The Bertz CT molecular complexity index is 433.